The second-order valence-electron chi connectivity index (χ2n) is 13.0. The van der Waals surface area contributed by atoms with Gasteiger partial charge in [0.2, 0.25) is 18.1 Å². The topological polar surface area (TPSA) is 36.9 Å². The Hall–Kier alpha value is -7.32. The molecule has 0 aliphatic carbocycles. The molecule has 0 amide bonds. The van der Waals surface area contributed by atoms with Crippen molar-refractivity contribution in [2.75, 3.05) is 0 Å². The third kappa shape index (κ3) is 7.13. The molecule has 7 rings (SSSR count). The van der Waals surface area contributed by atoms with Crippen molar-refractivity contribution >= 4 is 38.8 Å². The van der Waals surface area contributed by atoms with Crippen molar-refractivity contribution < 1.29 is 97.4 Å². The van der Waals surface area contributed by atoms with Crippen LogP contribution < -0.4 is 31.4 Å². The summed E-state index contributed by atoms with van der Waals surface area (Å²) in [4.78, 5) is 5.69. The van der Waals surface area contributed by atoms with Gasteiger partial charge in [0.25, 0.3) is 0 Å². The standard InChI is InChI=1S/C24BF20.C16H11N2O/c26-5-1(6(27)14(35)21(42)13(5)34)25(2-7(28)15(36)22(43)16(37)8(2)29,3-9(30)17(38)23(44)18(39)10(3)31)4-11(32)19(40)24(45)20(41)12(4)33;17-11-13-5-7-16(8-6-13)19-18-10-9-14-3-1-2-4-15(14)12-18/h;1-10,12H/q-1;+1. The Kier molecular flexibility index (Phi) is 12.3. The number of pyridine rings is 1. The molecular weight excluding hydrogens is 915 g/mol. The Bertz CT molecular complexity index is 2720. The Morgan fingerprint density at radius 2 is 0.641 bits per heavy atom. The second kappa shape index (κ2) is 17.1. The fourth-order valence-corrected chi connectivity index (χ4v) is 6.76. The first kappa shape index (κ1) is 46.2. The number of hydrogen-bond acceptors (Lipinski definition) is 2. The molecule has 6 aromatic carbocycles. The number of benzene rings is 6. The van der Waals surface area contributed by atoms with E-state index in [1.807, 2.05) is 36.7 Å². The second-order valence-corrected chi connectivity index (χ2v) is 13.0. The van der Waals surface area contributed by atoms with Crippen LogP contribution >= 0.6 is 0 Å². The number of aromatic nitrogens is 1. The van der Waals surface area contributed by atoms with Gasteiger partial charge in [-0.25, -0.2) is 92.6 Å². The lowest BCUT2D eigenvalue weighted by Gasteiger charge is -2.44. The molecule has 0 aliphatic rings. The molecule has 1 aromatic heterocycles. The maximum Gasteiger partial charge on any atom is 0.230 e. The number of fused-ring (bicyclic) bond motifs is 1. The summed E-state index contributed by atoms with van der Waals surface area (Å²) in [5.74, 6) is -70.7. The third-order valence-corrected chi connectivity index (χ3v) is 9.56. The van der Waals surface area contributed by atoms with Gasteiger partial charge < -0.3 is 0 Å². The van der Waals surface area contributed by atoms with Gasteiger partial charge in [0.1, 0.15) is 52.7 Å². The lowest BCUT2D eigenvalue weighted by Crippen LogP contribution is -2.81. The van der Waals surface area contributed by atoms with Crippen LogP contribution in [0.25, 0.3) is 10.8 Å². The Balaban J connectivity index is 0.000000295. The molecule has 0 spiro atoms. The van der Waals surface area contributed by atoms with Crippen molar-refractivity contribution in [1.82, 2.24) is 0 Å². The highest BCUT2D eigenvalue weighted by Crippen LogP contribution is 2.31. The molecule has 0 aliphatic heterocycles. The first-order valence-corrected chi connectivity index (χ1v) is 16.9. The van der Waals surface area contributed by atoms with Gasteiger partial charge in [-0.1, -0.05) is 18.2 Å². The van der Waals surface area contributed by atoms with Crippen molar-refractivity contribution in [3.05, 3.63) is 189 Å². The first-order valence-electron chi connectivity index (χ1n) is 16.9. The van der Waals surface area contributed by atoms with Crippen LogP contribution in [0.3, 0.4) is 0 Å². The number of nitrogens with zero attached hydrogens (tertiary/aromatic N) is 2. The molecule has 330 valence electrons. The van der Waals surface area contributed by atoms with Gasteiger partial charge in [-0.2, -0.15) is 5.26 Å². The quantitative estimate of drug-likeness (QED) is 0.0551. The number of halogens is 20. The molecule has 0 unspecified atom stereocenters. The minimum absolute atomic E-state index is 0.621. The summed E-state index contributed by atoms with van der Waals surface area (Å²) in [6, 6.07) is 19.2. The van der Waals surface area contributed by atoms with Crippen molar-refractivity contribution in [1.29, 1.82) is 5.26 Å². The molecule has 64 heavy (non-hydrogen) atoms. The minimum atomic E-state index is -7.22. The fraction of sp³-hybridized carbons (Fsp3) is 0. The van der Waals surface area contributed by atoms with Gasteiger partial charge in [-0.05, 0) is 35.7 Å². The number of rotatable bonds is 6. The maximum atomic E-state index is 15.4. The number of nitriles is 1. The zero-order valence-corrected chi connectivity index (χ0v) is 30.3. The summed E-state index contributed by atoms with van der Waals surface area (Å²) in [7, 11) is 0. The predicted octanol–water partition coefficient (Wildman–Crippen LogP) is 8.69. The summed E-state index contributed by atoms with van der Waals surface area (Å²) in [5.41, 5.74) is -13.7. The molecule has 0 fully saturated rings. The third-order valence-electron chi connectivity index (χ3n) is 9.56. The Morgan fingerprint density at radius 3 is 0.938 bits per heavy atom. The molecule has 3 nitrogen and oxygen atoms in total. The molecule has 0 atom stereocenters. The highest BCUT2D eigenvalue weighted by Gasteiger charge is 2.52. The monoisotopic (exact) mass is 926 g/mol. The van der Waals surface area contributed by atoms with Gasteiger partial charge >= 0.3 is 0 Å². The van der Waals surface area contributed by atoms with Crippen LogP contribution in [-0.4, -0.2) is 6.15 Å². The van der Waals surface area contributed by atoms with E-state index in [0.717, 1.165) is 5.39 Å². The maximum absolute atomic E-state index is 15.4. The van der Waals surface area contributed by atoms with E-state index in [0.29, 0.717) is 11.3 Å². The van der Waals surface area contributed by atoms with E-state index in [4.69, 9.17) is 10.1 Å². The zero-order valence-electron chi connectivity index (χ0n) is 30.3. The molecular formula is C40H11BF20N2O. The molecule has 24 heteroatoms. The lowest BCUT2D eigenvalue weighted by atomic mass is 9.12. The average molecular weight is 926 g/mol. The number of hydrogen-bond donors (Lipinski definition) is 0. The molecule has 0 saturated heterocycles. The summed E-state index contributed by atoms with van der Waals surface area (Å²) >= 11 is 0. The Morgan fingerprint density at radius 1 is 0.359 bits per heavy atom. The van der Waals surface area contributed by atoms with E-state index in [1.54, 1.807) is 29.0 Å². The predicted molar refractivity (Wildman–Crippen MR) is 181 cm³/mol. The van der Waals surface area contributed by atoms with E-state index in [-0.39, 0.29) is 0 Å². The average Bonchev–Trinajstić information content (AvgIpc) is 3.29. The molecule has 1 heterocycles. The smallest absolute Gasteiger partial charge is 0.230 e. The molecule has 0 radical (unpaired) electrons. The van der Waals surface area contributed by atoms with Gasteiger partial charge in [-0.3, -0.25) is 0 Å². The molecule has 0 saturated carbocycles. The van der Waals surface area contributed by atoms with Gasteiger partial charge in [0.15, 0.2) is 69.8 Å². The van der Waals surface area contributed by atoms with Crippen LogP contribution in [0.2, 0.25) is 0 Å². The zero-order chi connectivity index (χ0) is 47.4. The van der Waals surface area contributed by atoms with Crippen molar-refractivity contribution in [3.8, 4) is 11.8 Å². The molecule has 0 bridgehead atoms. The largest absolute Gasteiger partial charge is 0.232 e. The van der Waals surface area contributed by atoms with Gasteiger partial charge in [-0.15, -0.1) is 21.9 Å². The molecule has 7 aromatic rings. The summed E-state index contributed by atoms with van der Waals surface area (Å²) in [6.07, 6.45) is -3.43. The highest BCUT2D eigenvalue weighted by molar-refractivity contribution is 7.20. The van der Waals surface area contributed by atoms with E-state index in [1.165, 1.54) is 5.39 Å². The first-order chi connectivity index (χ1) is 30.0. The normalized spacial score (nSPS) is 11.4. The Labute approximate surface area is 342 Å². The van der Waals surface area contributed by atoms with Crippen LogP contribution in [0.5, 0.6) is 5.75 Å². The van der Waals surface area contributed by atoms with E-state index in [2.05, 4.69) is 12.1 Å². The van der Waals surface area contributed by atoms with E-state index in [9.17, 15) is 52.7 Å². The summed E-state index contributed by atoms with van der Waals surface area (Å²) in [5, 5.41) is 11.0. The van der Waals surface area contributed by atoms with Crippen molar-refractivity contribution in [3.63, 3.8) is 0 Å². The SMILES string of the molecule is Fc1c(F)c(F)c([B-](c2c(F)c(F)c(F)c(F)c2F)(c2c(F)c(F)c(F)c(F)c2F)c2c(F)c(F)c(F)c(F)c2F)c(F)c1F.N#Cc1ccc(O[n+]2ccc3ccccc3c2)cc1. The van der Waals surface area contributed by atoms with Crippen molar-refractivity contribution in [2.24, 2.45) is 0 Å². The minimum Gasteiger partial charge on any atom is -0.232 e. The van der Waals surface area contributed by atoms with Crippen LogP contribution in [-0.2, 0) is 0 Å². The lowest BCUT2D eigenvalue weighted by molar-refractivity contribution is -0.874. The van der Waals surface area contributed by atoms with Crippen molar-refractivity contribution in [2.45, 2.75) is 0 Å². The summed E-state index contributed by atoms with van der Waals surface area (Å²) in [6.45, 7) is 0. The van der Waals surface area contributed by atoms with Crippen LogP contribution in [0.15, 0.2) is 67.0 Å². The van der Waals surface area contributed by atoms with E-state index >= 15 is 35.1 Å². The highest BCUT2D eigenvalue weighted by atomic mass is 19.2. The van der Waals surface area contributed by atoms with Crippen LogP contribution in [0, 0.1) is 128 Å². The molecule has 0 N–H and O–H groups in total. The summed E-state index contributed by atoms with van der Waals surface area (Å²) < 4.78 is 296. The van der Waals surface area contributed by atoms with E-state index < -0.39 is 144 Å². The van der Waals surface area contributed by atoms with Crippen LogP contribution in [0.4, 0.5) is 87.8 Å². The fourth-order valence-electron chi connectivity index (χ4n) is 6.76. The van der Waals surface area contributed by atoms with Gasteiger partial charge in [0.05, 0.1) is 17.0 Å². The van der Waals surface area contributed by atoms with Gasteiger partial charge in [0, 0.05) is 10.8 Å². The van der Waals surface area contributed by atoms with Crippen LogP contribution in [0.1, 0.15) is 5.56 Å².